The van der Waals surface area contributed by atoms with Crippen LogP contribution in [0.2, 0.25) is 5.02 Å². The van der Waals surface area contributed by atoms with Gasteiger partial charge in [0.1, 0.15) is 5.75 Å². The third-order valence-electron chi connectivity index (χ3n) is 3.74. The van der Waals surface area contributed by atoms with Gasteiger partial charge in [-0.05, 0) is 48.0 Å². The minimum absolute atomic E-state index is 0.629. The van der Waals surface area contributed by atoms with E-state index in [1.165, 1.54) is 0 Å². The summed E-state index contributed by atoms with van der Waals surface area (Å²) in [5, 5.41) is 0.678. The van der Waals surface area contributed by atoms with Crippen LogP contribution in [0.4, 0.5) is 0 Å². The summed E-state index contributed by atoms with van der Waals surface area (Å²) >= 11 is 6.11. The fraction of sp³-hybridized carbons (Fsp3) is 0. The number of rotatable bonds is 4. The van der Waals surface area contributed by atoms with E-state index in [-0.39, 0.29) is 0 Å². The van der Waals surface area contributed by atoms with Gasteiger partial charge in [0.05, 0.1) is 11.0 Å². The molecule has 0 amide bonds. The average Bonchev–Trinajstić information content (AvgIpc) is 3.06. The van der Waals surface area contributed by atoms with Gasteiger partial charge < -0.3 is 9.72 Å². The van der Waals surface area contributed by atoms with E-state index < -0.39 is 0 Å². The molecule has 0 saturated carbocycles. The molecule has 122 valence electrons. The fourth-order valence-corrected chi connectivity index (χ4v) is 2.78. The zero-order valence-electron chi connectivity index (χ0n) is 13.3. The minimum Gasteiger partial charge on any atom is -0.453 e. The molecule has 0 aliphatic heterocycles. The van der Waals surface area contributed by atoms with Gasteiger partial charge in [-0.3, -0.25) is 0 Å². The van der Waals surface area contributed by atoms with Crippen molar-refractivity contribution in [2.45, 2.75) is 0 Å². The molecule has 0 fully saturated rings. The fourth-order valence-electron chi connectivity index (χ4n) is 2.58. The number of fused-ring (bicyclic) bond motifs is 1. The second kappa shape index (κ2) is 6.83. The molecular formula is C21H15ClN2O. The molecule has 0 atom stereocenters. The Bertz CT molecular complexity index is 1000. The molecule has 4 heteroatoms. The molecule has 4 rings (SSSR count). The van der Waals surface area contributed by atoms with E-state index in [4.69, 9.17) is 16.3 Å². The summed E-state index contributed by atoms with van der Waals surface area (Å²) in [5.74, 6) is 2.05. The molecule has 0 radical (unpaired) electrons. The highest BCUT2D eigenvalue weighted by atomic mass is 35.5. The second-order valence-corrected chi connectivity index (χ2v) is 6.02. The quantitative estimate of drug-likeness (QED) is 0.475. The zero-order chi connectivity index (χ0) is 17.1. The van der Waals surface area contributed by atoms with Crippen molar-refractivity contribution in [2.24, 2.45) is 0 Å². The van der Waals surface area contributed by atoms with Crippen LogP contribution in [-0.2, 0) is 0 Å². The Kier molecular flexibility index (Phi) is 4.23. The smallest absolute Gasteiger partial charge is 0.174 e. The summed E-state index contributed by atoms with van der Waals surface area (Å²) in [4.78, 5) is 7.96. The molecule has 4 aromatic rings. The van der Waals surface area contributed by atoms with Gasteiger partial charge in [0.15, 0.2) is 11.6 Å². The lowest BCUT2D eigenvalue weighted by Gasteiger charge is -2.08. The Morgan fingerprint density at radius 2 is 1.72 bits per heavy atom. The molecular weight excluding hydrogens is 332 g/mol. The molecule has 1 N–H and O–H groups in total. The molecule has 0 aliphatic carbocycles. The summed E-state index contributed by atoms with van der Waals surface area (Å²) in [5.41, 5.74) is 2.80. The molecule has 0 saturated heterocycles. The first kappa shape index (κ1) is 15.5. The molecule has 0 unspecified atom stereocenters. The first-order valence-electron chi connectivity index (χ1n) is 7.93. The Morgan fingerprint density at radius 1 is 0.920 bits per heavy atom. The predicted octanol–water partition coefficient (Wildman–Crippen LogP) is 5.79. The van der Waals surface area contributed by atoms with Crippen molar-refractivity contribution in [2.75, 3.05) is 0 Å². The SMILES string of the molecule is Clc1cccc(/C=C(/Oc2ccccc2)c2nc3ccccc3[nH]2)c1. The number of nitrogens with zero attached hydrogens (tertiary/aromatic N) is 1. The predicted molar refractivity (Wildman–Crippen MR) is 102 cm³/mol. The zero-order valence-corrected chi connectivity index (χ0v) is 14.1. The number of para-hydroxylation sites is 3. The number of hydrogen-bond donors (Lipinski definition) is 1. The van der Waals surface area contributed by atoms with Crippen LogP contribution in [0.3, 0.4) is 0 Å². The second-order valence-electron chi connectivity index (χ2n) is 5.58. The Balaban J connectivity index is 1.80. The van der Waals surface area contributed by atoms with Gasteiger partial charge in [-0.1, -0.05) is 54.1 Å². The number of imidazole rings is 1. The van der Waals surface area contributed by atoms with E-state index in [1.54, 1.807) is 0 Å². The summed E-state index contributed by atoms with van der Waals surface area (Å²) < 4.78 is 6.10. The van der Waals surface area contributed by atoms with Crippen LogP contribution in [0.5, 0.6) is 5.75 Å². The number of halogens is 1. The average molecular weight is 347 g/mol. The van der Waals surface area contributed by atoms with Crippen LogP contribution in [0.1, 0.15) is 11.4 Å². The topological polar surface area (TPSA) is 37.9 Å². The van der Waals surface area contributed by atoms with E-state index in [0.717, 1.165) is 22.3 Å². The largest absolute Gasteiger partial charge is 0.453 e. The molecule has 3 nitrogen and oxygen atoms in total. The van der Waals surface area contributed by atoms with Crippen LogP contribution in [0.25, 0.3) is 22.9 Å². The van der Waals surface area contributed by atoms with Crippen LogP contribution in [0, 0.1) is 0 Å². The highest BCUT2D eigenvalue weighted by molar-refractivity contribution is 6.30. The van der Waals surface area contributed by atoms with Gasteiger partial charge in [-0.25, -0.2) is 4.98 Å². The highest BCUT2D eigenvalue weighted by Crippen LogP contribution is 2.24. The van der Waals surface area contributed by atoms with Gasteiger partial charge in [-0.15, -0.1) is 0 Å². The maximum absolute atomic E-state index is 6.11. The number of aromatic nitrogens is 2. The van der Waals surface area contributed by atoms with E-state index in [9.17, 15) is 0 Å². The number of benzene rings is 3. The Hall–Kier alpha value is -3.04. The van der Waals surface area contributed by atoms with E-state index in [2.05, 4.69) is 9.97 Å². The van der Waals surface area contributed by atoms with Crippen molar-refractivity contribution in [3.63, 3.8) is 0 Å². The van der Waals surface area contributed by atoms with Crippen molar-refractivity contribution >= 4 is 34.5 Å². The molecule has 0 spiro atoms. The normalized spacial score (nSPS) is 11.6. The van der Waals surface area contributed by atoms with Crippen LogP contribution in [0.15, 0.2) is 78.9 Å². The van der Waals surface area contributed by atoms with Crippen molar-refractivity contribution in [1.82, 2.24) is 9.97 Å². The lowest BCUT2D eigenvalue weighted by Crippen LogP contribution is -1.97. The first-order valence-corrected chi connectivity index (χ1v) is 8.31. The van der Waals surface area contributed by atoms with E-state index in [1.807, 2.05) is 84.9 Å². The van der Waals surface area contributed by atoms with Crippen LogP contribution >= 0.6 is 11.6 Å². The van der Waals surface area contributed by atoms with Crippen LogP contribution in [-0.4, -0.2) is 9.97 Å². The van der Waals surface area contributed by atoms with Gasteiger partial charge in [0, 0.05) is 5.02 Å². The van der Waals surface area contributed by atoms with Crippen LogP contribution < -0.4 is 4.74 Å². The van der Waals surface area contributed by atoms with Gasteiger partial charge in [0.25, 0.3) is 0 Å². The van der Waals surface area contributed by atoms with Gasteiger partial charge >= 0.3 is 0 Å². The van der Waals surface area contributed by atoms with Crippen molar-refractivity contribution in [1.29, 1.82) is 0 Å². The lowest BCUT2D eigenvalue weighted by atomic mass is 10.2. The third-order valence-corrected chi connectivity index (χ3v) is 3.98. The number of H-pyrrole nitrogens is 1. The summed E-state index contributed by atoms with van der Waals surface area (Å²) in [6.45, 7) is 0. The van der Waals surface area contributed by atoms with E-state index in [0.29, 0.717) is 16.6 Å². The molecule has 1 aromatic heterocycles. The van der Waals surface area contributed by atoms with Crippen molar-refractivity contribution in [3.8, 4) is 5.75 Å². The minimum atomic E-state index is 0.629. The molecule has 3 aromatic carbocycles. The Morgan fingerprint density at radius 3 is 2.52 bits per heavy atom. The first-order chi connectivity index (χ1) is 12.3. The number of aromatic amines is 1. The maximum Gasteiger partial charge on any atom is 0.174 e. The molecule has 0 bridgehead atoms. The third kappa shape index (κ3) is 3.57. The molecule has 1 heterocycles. The van der Waals surface area contributed by atoms with Gasteiger partial charge in [-0.2, -0.15) is 0 Å². The van der Waals surface area contributed by atoms with Gasteiger partial charge in [0.2, 0.25) is 0 Å². The monoisotopic (exact) mass is 346 g/mol. The number of hydrogen-bond acceptors (Lipinski definition) is 2. The van der Waals surface area contributed by atoms with E-state index >= 15 is 0 Å². The molecule has 0 aliphatic rings. The molecule has 25 heavy (non-hydrogen) atoms. The standard InChI is InChI=1S/C21H15ClN2O/c22-16-8-6-7-15(13-16)14-20(25-17-9-2-1-3-10-17)21-23-18-11-4-5-12-19(18)24-21/h1-14H,(H,23,24)/b20-14+. The van der Waals surface area contributed by atoms with Crippen molar-refractivity contribution < 1.29 is 4.74 Å². The maximum atomic E-state index is 6.11. The summed E-state index contributed by atoms with van der Waals surface area (Å²) in [6.07, 6.45) is 1.93. The summed E-state index contributed by atoms with van der Waals surface area (Å²) in [7, 11) is 0. The number of ether oxygens (including phenoxy) is 1. The summed E-state index contributed by atoms with van der Waals surface area (Å²) in [6, 6.07) is 25.2. The number of nitrogens with one attached hydrogen (secondary N) is 1. The highest BCUT2D eigenvalue weighted by Gasteiger charge is 2.11. The lowest BCUT2D eigenvalue weighted by molar-refractivity contribution is 0.513. The Labute approximate surface area is 150 Å². The van der Waals surface area contributed by atoms with Crippen molar-refractivity contribution in [3.05, 3.63) is 95.3 Å².